The van der Waals surface area contributed by atoms with Gasteiger partial charge in [0.1, 0.15) is 0 Å². The fourth-order valence-corrected chi connectivity index (χ4v) is 3.71. The largest absolute Gasteiger partial charge is 0.322 e. The smallest absolute Gasteiger partial charge is 0.321 e. The number of aryl methyl sites for hydroxylation is 1. The third-order valence-corrected chi connectivity index (χ3v) is 5.55. The van der Waals surface area contributed by atoms with Crippen molar-refractivity contribution in [3.63, 3.8) is 0 Å². The normalized spacial score (nSPS) is 16.5. The summed E-state index contributed by atoms with van der Waals surface area (Å²) in [5.74, 6) is 0. The first-order chi connectivity index (χ1) is 11.4. The van der Waals surface area contributed by atoms with Crippen molar-refractivity contribution in [2.45, 2.75) is 23.8 Å². The van der Waals surface area contributed by atoms with Crippen molar-refractivity contribution < 1.29 is 13.2 Å². The lowest BCUT2D eigenvalue weighted by Gasteiger charge is -2.25. The second-order valence-electron chi connectivity index (χ2n) is 6.09. The summed E-state index contributed by atoms with van der Waals surface area (Å²) in [6.45, 7) is 0. The van der Waals surface area contributed by atoms with Crippen molar-refractivity contribution in [2.75, 3.05) is 18.6 Å². The molecule has 5 nitrogen and oxygen atoms in total. The average Bonchev–Trinajstić information content (AvgIpc) is 2.97. The Balaban J connectivity index is 1.71. The highest BCUT2D eigenvalue weighted by Gasteiger charge is 2.28. The van der Waals surface area contributed by atoms with Gasteiger partial charge in [-0.2, -0.15) is 0 Å². The lowest BCUT2D eigenvalue weighted by atomic mass is 10.1. The van der Waals surface area contributed by atoms with Crippen LogP contribution in [0.25, 0.3) is 0 Å². The monoisotopic (exact) mass is 344 g/mol. The minimum Gasteiger partial charge on any atom is -0.321 e. The van der Waals surface area contributed by atoms with Gasteiger partial charge in [0.25, 0.3) is 0 Å². The lowest BCUT2D eigenvalue weighted by Crippen LogP contribution is -2.34. The highest BCUT2D eigenvalue weighted by Crippen LogP contribution is 2.35. The van der Waals surface area contributed by atoms with E-state index in [0.717, 1.165) is 19.1 Å². The summed E-state index contributed by atoms with van der Waals surface area (Å²) in [6, 6.07) is 14.2. The second kappa shape index (κ2) is 6.28. The van der Waals surface area contributed by atoms with Gasteiger partial charge in [0.15, 0.2) is 9.84 Å². The number of anilines is 1. The molecule has 126 valence electrons. The lowest BCUT2D eigenvalue weighted by molar-refractivity contribution is 0.204. The fourth-order valence-electron chi connectivity index (χ4n) is 3.08. The number of fused-ring (bicyclic) bond motifs is 1. The van der Waals surface area contributed by atoms with Crippen LogP contribution >= 0.6 is 0 Å². The molecule has 2 aromatic rings. The van der Waals surface area contributed by atoms with Crippen molar-refractivity contribution in [3.8, 4) is 0 Å². The molecule has 0 aromatic heterocycles. The predicted molar refractivity (Wildman–Crippen MR) is 93.8 cm³/mol. The van der Waals surface area contributed by atoms with E-state index < -0.39 is 9.84 Å². The number of hydrogen-bond donors (Lipinski definition) is 1. The number of carbonyl (C=O) groups is 1. The van der Waals surface area contributed by atoms with Crippen molar-refractivity contribution in [3.05, 3.63) is 59.7 Å². The van der Waals surface area contributed by atoms with E-state index >= 15 is 0 Å². The summed E-state index contributed by atoms with van der Waals surface area (Å²) in [4.78, 5) is 14.4. The van der Waals surface area contributed by atoms with Crippen LogP contribution in [-0.2, 0) is 16.3 Å². The number of carbonyl (C=O) groups excluding carboxylic acids is 1. The topological polar surface area (TPSA) is 66.5 Å². The second-order valence-corrected chi connectivity index (χ2v) is 8.11. The van der Waals surface area contributed by atoms with Crippen molar-refractivity contribution in [1.82, 2.24) is 4.90 Å². The molecule has 24 heavy (non-hydrogen) atoms. The molecule has 1 atom stereocenters. The van der Waals surface area contributed by atoms with E-state index in [4.69, 9.17) is 0 Å². The molecule has 0 saturated heterocycles. The van der Waals surface area contributed by atoms with Crippen LogP contribution in [0.2, 0.25) is 0 Å². The van der Waals surface area contributed by atoms with E-state index in [9.17, 15) is 13.2 Å². The van der Waals surface area contributed by atoms with Crippen LogP contribution in [0.1, 0.15) is 23.6 Å². The number of sulfone groups is 1. The molecule has 0 spiro atoms. The van der Waals surface area contributed by atoms with Gasteiger partial charge in [0.2, 0.25) is 0 Å². The van der Waals surface area contributed by atoms with Gasteiger partial charge in [-0.05, 0) is 48.2 Å². The van der Waals surface area contributed by atoms with Crippen LogP contribution in [0, 0.1) is 0 Å². The Morgan fingerprint density at radius 1 is 1.12 bits per heavy atom. The molecule has 0 fully saturated rings. The summed E-state index contributed by atoms with van der Waals surface area (Å²) < 4.78 is 22.9. The van der Waals surface area contributed by atoms with Gasteiger partial charge in [-0.3, -0.25) is 0 Å². The summed E-state index contributed by atoms with van der Waals surface area (Å²) in [5, 5.41) is 2.82. The van der Waals surface area contributed by atoms with Crippen LogP contribution in [-0.4, -0.2) is 32.7 Å². The zero-order valence-electron chi connectivity index (χ0n) is 13.7. The number of nitrogens with one attached hydrogen (secondary N) is 1. The van der Waals surface area contributed by atoms with Gasteiger partial charge in [-0.1, -0.05) is 24.3 Å². The Bertz CT molecular complexity index is 860. The third-order valence-electron chi connectivity index (χ3n) is 4.42. The molecule has 0 saturated carbocycles. The van der Waals surface area contributed by atoms with E-state index in [-0.39, 0.29) is 17.0 Å². The molecule has 1 N–H and O–H groups in total. The number of benzene rings is 2. The molecular formula is C18H20N2O3S. The average molecular weight is 344 g/mol. The molecule has 1 aliphatic rings. The minimum absolute atomic E-state index is 0.0662. The van der Waals surface area contributed by atoms with Crippen LogP contribution in [0.4, 0.5) is 10.5 Å². The first-order valence-electron chi connectivity index (χ1n) is 7.78. The van der Waals surface area contributed by atoms with Gasteiger partial charge in [-0.25, -0.2) is 13.2 Å². The van der Waals surface area contributed by atoms with Gasteiger partial charge in [0.05, 0.1) is 10.9 Å². The summed E-state index contributed by atoms with van der Waals surface area (Å²) in [5.41, 5.74) is 3.06. The number of nitrogens with zero attached hydrogens (tertiary/aromatic N) is 1. The summed E-state index contributed by atoms with van der Waals surface area (Å²) in [6.07, 6.45) is 3.05. The fraction of sp³-hybridized carbons (Fsp3) is 0.278. The molecule has 1 aliphatic carbocycles. The van der Waals surface area contributed by atoms with E-state index in [2.05, 4.69) is 17.4 Å². The minimum atomic E-state index is -3.23. The number of rotatable bonds is 3. The number of urea groups is 1. The van der Waals surface area contributed by atoms with Gasteiger partial charge in [-0.15, -0.1) is 0 Å². The Labute approximate surface area is 142 Å². The Hall–Kier alpha value is -2.34. The Morgan fingerprint density at radius 2 is 1.79 bits per heavy atom. The molecule has 3 rings (SSSR count). The van der Waals surface area contributed by atoms with E-state index in [1.165, 1.54) is 23.3 Å². The molecular weight excluding hydrogens is 324 g/mol. The molecule has 2 amide bonds. The third kappa shape index (κ3) is 3.28. The molecule has 6 heteroatoms. The zero-order valence-corrected chi connectivity index (χ0v) is 14.5. The molecule has 0 bridgehead atoms. The first kappa shape index (κ1) is 16.5. The van der Waals surface area contributed by atoms with Crippen LogP contribution in [0.15, 0.2) is 53.4 Å². The van der Waals surface area contributed by atoms with Crippen LogP contribution < -0.4 is 5.32 Å². The Morgan fingerprint density at radius 3 is 2.46 bits per heavy atom. The quantitative estimate of drug-likeness (QED) is 0.929. The van der Waals surface area contributed by atoms with E-state index in [0.29, 0.717) is 5.69 Å². The molecule has 0 unspecified atom stereocenters. The maximum atomic E-state index is 12.5. The number of hydrogen-bond acceptors (Lipinski definition) is 3. The SMILES string of the molecule is CN(C(=O)Nc1ccc(S(C)(=O)=O)cc1)[C@H]1CCc2ccccc21. The highest BCUT2D eigenvalue weighted by atomic mass is 32.2. The van der Waals surface area contributed by atoms with Crippen molar-refractivity contribution in [1.29, 1.82) is 0 Å². The molecule has 2 aromatic carbocycles. The molecule has 0 radical (unpaired) electrons. The van der Waals surface area contributed by atoms with Gasteiger partial charge >= 0.3 is 6.03 Å². The maximum absolute atomic E-state index is 12.5. The highest BCUT2D eigenvalue weighted by molar-refractivity contribution is 7.90. The standard InChI is InChI=1S/C18H20N2O3S/c1-20(17-12-7-13-5-3-4-6-16(13)17)18(21)19-14-8-10-15(11-9-14)24(2,22)23/h3-6,8-11,17H,7,12H2,1-2H3,(H,19,21)/t17-/m0/s1. The van der Waals surface area contributed by atoms with E-state index in [1.807, 2.05) is 12.1 Å². The molecule has 0 heterocycles. The summed E-state index contributed by atoms with van der Waals surface area (Å²) in [7, 11) is -1.45. The van der Waals surface area contributed by atoms with Crippen molar-refractivity contribution >= 4 is 21.6 Å². The summed E-state index contributed by atoms with van der Waals surface area (Å²) >= 11 is 0. The van der Waals surface area contributed by atoms with E-state index in [1.54, 1.807) is 24.1 Å². The van der Waals surface area contributed by atoms with Crippen LogP contribution in [0.3, 0.4) is 0 Å². The Kier molecular flexibility index (Phi) is 4.32. The first-order valence-corrected chi connectivity index (χ1v) is 9.67. The number of amides is 2. The van der Waals surface area contributed by atoms with Gasteiger partial charge in [0, 0.05) is 19.0 Å². The van der Waals surface area contributed by atoms with Gasteiger partial charge < -0.3 is 10.2 Å². The maximum Gasteiger partial charge on any atom is 0.322 e. The zero-order chi connectivity index (χ0) is 17.3. The van der Waals surface area contributed by atoms with Crippen molar-refractivity contribution in [2.24, 2.45) is 0 Å². The van der Waals surface area contributed by atoms with Crippen LogP contribution in [0.5, 0.6) is 0 Å². The molecule has 0 aliphatic heterocycles. The predicted octanol–water partition coefficient (Wildman–Crippen LogP) is 3.24.